The van der Waals surface area contributed by atoms with Gasteiger partial charge in [-0.1, -0.05) is 44.9 Å². The molecule has 0 saturated heterocycles. The Morgan fingerprint density at radius 3 is 2.20 bits per heavy atom. The summed E-state index contributed by atoms with van der Waals surface area (Å²) >= 11 is 0. The van der Waals surface area contributed by atoms with Crippen molar-refractivity contribution >= 4 is 11.8 Å². The van der Waals surface area contributed by atoms with Crippen LogP contribution in [0.5, 0.6) is 0 Å². The average Bonchev–Trinajstić information content (AvgIpc) is 2.98. The molecule has 4 nitrogen and oxygen atoms in total. The Balaban J connectivity index is 1.77. The highest BCUT2D eigenvalue weighted by Crippen LogP contribution is 2.28. The summed E-state index contributed by atoms with van der Waals surface area (Å²) in [5.74, 6) is 0.475. The van der Waals surface area contributed by atoms with Gasteiger partial charge in [0.25, 0.3) is 0 Å². The van der Waals surface area contributed by atoms with Crippen LogP contribution >= 0.6 is 0 Å². The van der Waals surface area contributed by atoms with Crippen LogP contribution in [-0.2, 0) is 9.59 Å². The van der Waals surface area contributed by atoms with Crippen molar-refractivity contribution < 1.29 is 9.59 Å². The zero-order valence-corrected chi connectivity index (χ0v) is 12.4. The smallest absolute Gasteiger partial charge is 0.239 e. The molecule has 2 aliphatic carbocycles. The van der Waals surface area contributed by atoms with E-state index in [2.05, 4.69) is 5.32 Å². The quantitative estimate of drug-likeness (QED) is 0.784. The van der Waals surface area contributed by atoms with Gasteiger partial charge in [-0.2, -0.15) is 0 Å². The Hall–Kier alpha value is -1.06. The van der Waals surface area contributed by atoms with Crippen LogP contribution < -0.4 is 11.1 Å². The van der Waals surface area contributed by atoms with Crippen molar-refractivity contribution in [1.29, 1.82) is 0 Å². The molecule has 2 fully saturated rings. The molecule has 0 aromatic heterocycles. The maximum absolute atomic E-state index is 12.1. The summed E-state index contributed by atoms with van der Waals surface area (Å²) in [6, 6.07) is -0.468. The molecule has 20 heavy (non-hydrogen) atoms. The van der Waals surface area contributed by atoms with E-state index in [1.54, 1.807) is 0 Å². The zero-order valence-electron chi connectivity index (χ0n) is 12.4. The fourth-order valence-electron chi connectivity index (χ4n) is 3.64. The highest BCUT2D eigenvalue weighted by atomic mass is 16.2. The van der Waals surface area contributed by atoms with Gasteiger partial charge in [0.15, 0.2) is 0 Å². The minimum atomic E-state index is -0.468. The largest absolute Gasteiger partial charge is 0.368 e. The second kappa shape index (κ2) is 7.65. The number of hydrogen-bond acceptors (Lipinski definition) is 2. The first kappa shape index (κ1) is 15.3. The maximum atomic E-state index is 12.1. The maximum Gasteiger partial charge on any atom is 0.239 e. The topological polar surface area (TPSA) is 72.2 Å². The molecular formula is C16H28N2O2. The molecule has 1 unspecified atom stereocenters. The average molecular weight is 280 g/mol. The molecule has 114 valence electrons. The molecule has 0 spiro atoms. The minimum absolute atomic E-state index is 0.0370. The highest BCUT2D eigenvalue weighted by molar-refractivity contribution is 5.87. The number of carbonyl (C=O) groups excluding carboxylic acids is 2. The summed E-state index contributed by atoms with van der Waals surface area (Å²) in [6.07, 6.45) is 12.4. The first-order valence-electron chi connectivity index (χ1n) is 8.26. The lowest BCUT2D eigenvalue weighted by atomic mass is 9.85. The molecule has 0 bridgehead atoms. The first-order valence-corrected chi connectivity index (χ1v) is 8.26. The summed E-state index contributed by atoms with van der Waals surface area (Å²) < 4.78 is 0. The third-order valence-corrected chi connectivity index (χ3v) is 4.97. The lowest BCUT2D eigenvalue weighted by Crippen LogP contribution is -2.46. The lowest BCUT2D eigenvalue weighted by molar-refractivity contribution is -0.130. The molecule has 0 aromatic carbocycles. The van der Waals surface area contributed by atoms with Gasteiger partial charge in [-0.15, -0.1) is 0 Å². The fraction of sp³-hybridized carbons (Fsp3) is 0.875. The molecule has 2 aliphatic rings. The number of rotatable bonds is 6. The summed E-state index contributed by atoms with van der Waals surface area (Å²) in [4.78, 5) is 23.6. The second-order valence-corrected chi connectivity index (χ2v) is 6.53. The van der Waals surface area contributed by atoms with E-state index < -0.39 is 6.04 Å². The molecule has 3 N–H and O–H groups in total. The summed E-state index contributed by atoms with van der Waals surface area (Å²) in [5, 5.41) is 2.88. The van der Waals surface area contributed by atoms with Gasteiger partial charge >= 0.3 is 0 Å². The predicted octanol–water partition coefficient (Wildman–Crippen LogP) is 2.51. The number of hydrogen-bond donors (Lipinski definition) is 2. The fourth-order valence-corrected chi connectivity index (χ4v) is 3.64. The number of amides is 2. The van der Waals surface area contributed by atoms with Crippen LogP contribution in [0, 0.1) is 11.8 Å². The van der Waals surface area contributed by atoms with Gasteiger partial charge in [0.1, 0.15) is 6.04 Å². The van der Waals surface area contributed by atoms with E-state index in [-0.39, 0.29) is 17.7 Å². The number of primary amides is 1. The molecule has 1 atom stereocenters. The monoisotopic (exact) mass is 280 g/mol. The van der Waals surface area contributed by atoms with Crippen molar-refractivity contribution in [3.8, 4) is 0 Å². The molecule has 0 radical (unpaired) electrons. The van der Waals surface area contributed by atoms with Gasteiger partial charge in [0.2, 0.25) is 11.8 Å². The van der Waals surface area contributed by atoms with Crippen molar-refractivity contribution in [3.63, 3.8) is 0 Å². The van der Waals surface area contributed by atoms with Gasteiger partial charge < -0.3 is 11.1 Å². The van der Waals surface area contributed by atoms with Crippen molar-refractivity contribution in [3.05, 3.63) is 0 Å². The van der Waals surface area contributed by atoms with Crippen LogP contribution in [0.4, 0.5) is 0 Å². The van der Waals surface area contributed by atoms with Crippen LogP contribution in [0.1, 0.15) is 70.6 Å². The van der Waals surface area contributed by atoms with E-state index in [0.29, 0.717) is 12.3 Å². The summed E-state index contributed by atoms with van der Waals surface area (Å²) in [6.45, 7) is 0. The lowest BCUT2D eigenvalue weighted by Gasteiger charge is -2.24. The highest BCUT2D eigenvalue weighted by Gasteiger charge is 2.27. The first-order chi connectivity index (χ1) is 9.66. The van der Waals surface area contributed by atoms with Crippen LogP contribution in [0.2, 0.25) is 0 Å². The molecule has 2 rings (SSSR count). The molecule has 2 saturated carbocycles. The van der Waals surface area contributed by atoms with Gasteiger partial charge in [0, 0.05) is 5.92 Å². The van der Waals surface area contributed by atoms with Crippen LogP contribution in [-0.4, -0.2) is 17.9 Å². The molecule has 0 aromatic rings. The molecule has 2 amide bonds. The number of nitrogens with one attached hydrogen (secondary N) is 1. The Kier molecular flexibility index (Phi) is 5.86. The number of carbonyl (C=O) groups is 2. The van der Waals surface area contributed by atoms with Crippen molar-refractivity contribution in [2.24, 2.45) is 17.6 Å². The minimum Gasteiger partial charge on any atom is -0.368 e. The van der Waals surface area contributed by atoms with E-state index in [9.17, 15) is 9.59 Å². The number of nitrogens with two attached hydrogens (primary N) is 1. The van der Waals surface area contributed by atoms with Crippen LogP contribution in [0.3, 0.4) is 0 Å². The van der Waals surface area contributed by atoms with Gasteiger partial charge in [0.05, 0.1) is 0 Å². The molecule has 0 heterocycles. The third-order valence-electron chi connectivity index (χ3n) is 4.97. The second-order valence-electron chi connectivity index (χ2n) is 6.53. The van der Waals surface area contributed by atoms with Crippen LogP contribution in [0.15, 0.2) is 0 Å². The van der Waals surface area contributed by atoms with Gasteiger partial charge in [-0.05, 0) is 31.6 Å². The summed E-state index contributed by atoms with van der Waals surface area (Å²) in [5.41, 5.74) is 5.45. The standard InChI is InChI=1S/C16H28N2O2/c17-15(19)14(11-10-12-6-2-1-3-7-12)18-16(20)13-8-4-5-9-13/h12-14H,1-11H2,(H2,17,19)(H,18,20). The zero-order chi connectivity index (χ0) is 14.4. The third kappa shape index (κ3) is 4.50. The Morgan fingerprint density at radius 1 is 1.00 bits per heavy atom. The molecular weight excluding hydrogens is 252 g/mol. The summed E-state index contributed by atoms with van der Waals surface area (Å²) in [7, 11) is 0. The Bertz CT molecular complexity index is 331. The van der Waals surface area contributed by atoms with E-state index in [1.165, 1.54) is 32.1 Å². The Labute approximate surface area is 121 Å². The van der Waals surface area contributed by atoms with Gasteiger partial charge in [-0.3, -0.25) is 9.59 Å². The molecule has 0 aliphatic heterocycles. The van der Waals surface area contributed by atoms with E-state index >= 15 is 0 Å². The van der Waals surface area contributed by atoms with E-state index in [4.69, 9.17) is 5.73 Å². The molecule has 4 heteroatoms. The van der Waals surface area contributed by atoms with Gasteiger partial charge in [-0.25, -0.2) is 0 Å². The van der Waals surface area contributed by atoms with E-state index in [0.717, 1.165) is 32.1 Å². The Morgan fingerprint density at radius 2 is 1.60 bits per heavy atom. The van der Waals surface area contributed by atoms with Crippen molar-refractivity contribution in [2.75, 3.05) is 0 Å². The predicted molar refractivity (Wildman–Crippen MR) is 78.9 cm³/mol. The van der Waals surface area contributed by atoms with E-state index in [1.807, 2.05) is 0 Å². The van der Waals surface area contributed by atoms with Crippen LogP contribution in [0.25, 0.3) is 0 Å². The van der Waals surface area contributed by atoms with Crippen molar-refractivity contribution in [1.82, 2.24) is 5.32 Å². The van der Waals surface area contributed by atoms with Crippen molar-refractivity contribution in [2.45, 2.75) is 76.7 Å². The normalized spacial score (nSPS) is 22.6. The SMILES string of the molecule is NC(=O)C(CCC1CCCCC1)NC(=O)C1CCCC1.